The van der Waals surface area contributed by atoms with Crippen LogP contribution in [-0.4, -0.2) is 17.6 Å². The van der Waals surface area contributed by atoms with Gasteiger partial charge in [0.2, 0.25) is 5.91 Å². The molecule has 1 aromatic rings. The number of hydrogen-bond acceptors (Lipinski definition) is 2. The van der Waals surface area contributed by atoms with Gasteiger partial charge in [0, 0.05) is 12.6 Å². The van der Waals surface area contributed by atoms with Crippen LogP contribution in [0.5, 0.6) is 5.75 Å². The molecule has 74 valence electrons. The maximum atomic E-state index is 11.0. The summed E-state index contributed by atoms with van der Waals surface area (Å²) in [6.07, 6.45) is 3.10. The molecule has 0 unspecified atom stereocenters. The maximum Gasteiger partial charge on any atom is 0.243 e. The number of benzene rings is 1. The molecule has 0 saturated heterocycles. The summed E-state index contributed by atoms with van der Waals surface area (Å²) in [6.45, 7) is 2.48. The van der Waals surface area contributed by atoms with E-state index in [4.69, 9.17) is 5.11 Å². The summed E-state index contributed by atoms with van der Waals surface area (Å²) in [4.78, 5) is 11.0. The van der Waals surface area contributed by atoms with Gasteiger partial charge in [-0.25, -0.2) is 0 Å². The second-order valence-electron chi connectivity index (χ2n) is 2.82. The van der Waals surface area contributed by atoms with E-state index in [0.717, 1.165) is 5.56 Å². The summed E-state index contributed by atoms with van der Waals surface area (Å²) >= 11 is 0. The summed E-state index contributed by atoms with van der Waals surface area (Å²) in [5, 5.41) is 11.8. The van der Waals surface area contributed by atoms with E-state index in [0.29, 0.717) is 6.54 Å². The molecule has 0 aromatic heterocycles. The van der Waals surface area contributed by atoms with Crippen molar-refractivity contribution in [3.63, 3.8) is 0 Å². The van der Waals surface area contributed by atoms with Crippen LogP contribution in [0.2, 0.25) is 0 Å². The molecule has 0 fully saturated rings. The maximum absolute atomic E-state index is 11.0. The lowest BCUT2D eigenvalue weighted by molar-refractivity contribution is -0.116. The normalized spacial score (nSPS) is 10.4. The predicted octanol–water partition coefficient (Wildman–Crippen LogP) is 1.54. The van der Waals surface area contributed by atoms with Crippen molar-refractivity contribution in [1.29, 1.82) is 0 Å². The minimum absolute atomic E-state index is 0.129. The quantitative estimate of drug-likeness (QED) is 0.712. The largest absolute Gasteiger partial charge is 0.508 e. The molecule has 0 bridgehead atoms. The molecule has 0 aliphatic heterocycles. The van der Waals surface area contributed by atoms with E-state index in [9.17, 15) is 4.79 Å². The lowest BCUT2D eigenvalue weighted by Crippen LogP contribution is -2.19. The third-order valence-electron chi connectivity index (χ3n) is 1.65. The lowest BCUT2D eigenvalue weighted by atomic mass is 10.2. The molecule has 3 nitrogen and oxygen atoms in total. The zero-order valence-electron chi connectivity index (χ0n) is 8.03. The summed E-state index contributed by atoms with van der Waals surface area (Å²) in [6, 6.07) is 6.72. The molecule has 0 radical (unpaired) electrons. The summed E-state index contributed by atoms with van der Waals surface area (Å²) in [7, 11) is 0. The fourth-order valence-electron chi connectivity index (χ4n) is 1.03. The van der Waals surface area contributed by atoms with Crippen LogP contribution in [0.4, 0.5) is 0 Å². The van der Waals surface area contributed by atoms with Crippen LogP contribution >= 0.6 is 0 Å². The highest BCUT2D eigenvalue weighted by Gasteiger charge is 1.92. The minimum Gasteiger partial charge on any atom is -0.508 e. The van der Waals surface area contributed by atoms with Gasteiger partial charge in [0.1, 0.15) is 5.75 Å². The Bertz CT molecular complexity index is 345. The van der Waals surface area contributed by atoms with Gasteiger partial charge < -0.3 is 10.4 Å². The zero-order valence-corrected chi connectivity index (χ0v) is 8.03. The number of nitrogens with one attached hydrogen (secondary N) is 1. The third-order valence-corrected chi connectivity index (χ3v) is 1.65. The Morgan fingerprint density at radius 2 is 2.36 bits per heavy atom. The Morgan fingerprint density at radius 3 is 3.00 bits per heavy atom. The third kappa shape index (κ3) is 3.31. The Balaban J connectivity index is 2.64. The van der Waals surface area contributed by atoms with E-state index in [1.807, 2.05) is 13.0 Å². The van der Waals surface area contributed by atoms with Gasteiger partial charge in [-0.15, -0.1) is 0 Å². The molecule has 0 aliphatic carbocycles. The highest BCUT2D eigenvalue weighted by molar-refractivity contribution is 5.91. The van der Waals surface area contributed by atoms with Crippen molar-refractivity contribution < 1.29 is 9.90 Å². The fourth-order valence-corrected chi connectivity index (χ4v) is 1.03. The van der Waals surface area contributed by atoms with Crippen LogP contribution in [0.25, 0.3) is 6.08 Å². The van der Waals surface area contributed by atoms with Crippen molar-refractivity contribution in [1.82, 2.24) is 5.32 Å². The monoisotopic (exact) mass is 191 g/mol. The molecule has 0 aliphatic rings. The Kier molecular flexibility index (Phi) is 3.73. The first-order chi connectivity index (χ1) is 6.72. The standard InChI is InChI=1S/C11H13NO2/c1-2-12-11(14)7-6-9-4-3-5-10(13)8-9/h3-8,13H,2H2,1H3,(H,12,14). The molecule has 3 heteroatoms. The Hall–Kier alpha value is -1.77. The first kappa shape index (κ1) is 10.3. The topological polar surface area (TPSA) is 49.3 Å². The predicted molar refractivity (Wildman–Crippen MR) is 55.8 cm³/mol. The second kappa shape index (κ2) is 5.07. The molecule has 2 N–H and O–H groups in total. The van der Waals surface area contributed by atoms with Crippen LogP contribution < -0.4 is 5.32 Å². The van der Waals surface area contributed by atoms with Crippen molar-refractivity contribution in [3.8, 4) is 5.75 Å². The highest BCUT2D eigenvalue weighted by Crippen LogP contribution is 2.11. The SMILES string of the molecule is CCNC(=O)C=Cc1cccc(O)c1. The molecule has 0 atom stereocenters. The number of phenols is 1. The number of phenolic OH excluding ortho intramolecular Hbond substituents is 1. The van der Waals surface area contributed by atoms with Gasteiger partial charge >= 0.3 is 0 Å². The van der Waals surface area contributed by atoms with Crippen molar-refractivity contribution in [2.24, 2.45) is 0 Å². The summed E-state index contributed by atoms with van der Waals surface area (Å²) < 4.78 is 0. The average Bonchev–Trinajstić information content (AvgIpc) is 2.15. The number of carbonyl (C=O) groups is 1. The van der Waals surface area contributed by atoms with Crippen LogP contribution in [-0.2, 0) is 4.79 Å². The molecular weight excluding hydrogens is 178 g/mol. The van der Waals surface area contributed by atoms with E-state index < -0.39 is 0 Å². The van der Waals surface area contributed by atoms with Crippen molar-refractivity contribution in [2.45, 2.75) is 6.92 Å². The van der Waals surface area contributed by atoms with Gasteiger partial charge in [0.25, 0.3) is 0 Å². The van der Waals surface area contributed by atoms with E-state index in [1.165, 1.54) is 6.08 Å². The second-order valence-corrected chi connectivity index (χ2v) is 2.82. The van der Waals surface area contributed by atoms with Gasteiger partial charge in [-0.3, -0.25) is 4.79 Å². The van der Waals surface area contributed by atoms with E-state index in [1.54, 1.807) is 24.3 Å². The van der Waals surface area contributed by atoms with Gasteiger partial charge in [-0.05, 0) is 30.7 Å². The molecule has 1 amide bonds. The van der Waals surface area contributed by atoms with Gasteiger partial charge in [-0.1, -0.05) is 12.1 Å². The molecular formula is C11H13NO2. The number of amides is 1. The number of likely N-dealkylation sites (N-methyl/N-ethyl adjacent to an activating group) is 1. The first-order valence-corrected chi connectivity index (χ1v) is 4.47. The van der Waals surface area contributed by atoms with Gasteiger partial charge in [0.15, 0.2) is 0 Å². The van der Waals surface area contributed by atoms with Crippen LogP contribution in [0.15, 0.2) is 30.3 Å². The fraction of sp³-hybridized carbons (Fsp3) is 0.182. The highest BCUT2D eigenvalue weighted by atomic mass is 16.3. The molecule has 0 spiro atoms. The smallest absolute Gasteiger partial charge is 0.243 e. The minimum atomic E-state index is -0.129. The Labute approximate surface area is 83.1 Å². The first-order valence-electron chi connectivity index (χ1n) is 4.47. The van der Waals surface area contributed by atoms with E-state index in [2.05, 4.69) is 5.32 Å². The summed E-state index contributed by atoms with van der Waals surface area (Å²) in [5.74, 6) is 0.0684. The molecule has 0 heterocycles. The van der Waals surface area contributed by atoms with E-state index >= 15 is 0 Å². The number of aromatic hydroxyl groups is 1. The van der Waals surface area contributed by atoms with Crippen molar-refractivity contribution in [2.75, 3.05) is 6.54 Å². The lowest BCUT2D eigenvalue weighted by Gasteiger charge is -1.96. The van der Waals surface area contributed by atoms with Crippen molar-refractivity contribution >= 4 is 12.0 Å². The number of hydrogen-bond donors (Lipinski definition) is 2. The molecule has 1 rings (SSSR count). The Morgan fingerprint density at radius 1 is 1.57 bits per heavy atom. The number of carbonyl (C=O) groups excluding carboxylic acids is 1. The summed E-state index contributed by atoms with van der Waals surface area (Å²) in [5.41, 5.74) is 0.802. The molecule has 0 saturated carbocycles. The molecule has 14 heavy (non-hydrogen) atoms. The average molecular weight is 191 g/mol. The van der Waals surface area contributed by atoms with Crippen LogP contribution in [0.1, 0.15) is 12.5 Å². The van der Waals surface area contributed by atoms with Crippen LogP contribution in [0, 0.1) is 0 Å². The van der Waals surface area contributed by atoms with Crippen molar-refractivity contribution in [3.05, 3.63) is 35.9 Å². The van der Waals surface area contributed by atoms with Gasteiger partial charge in [-0.2, -0.15) is 0 Å². The number of rotatable bonds is 3. The molecule has 1 aromatic carbocycles. The van der Waals surface area contributed by atoms with E-state index in [-0.39, 0.29) is 11.7 Å². The van der Waals surface area contributed by atoms with Crippen LogP contribution in [0.3, 0.4) is 0 Å². The zero-order chi connectivity index (χ0) is 10.4. The van der Waals surface area contributed by atoms with Gasteiger partial charge in [0.05, 0.1) is 0 Å².